The second-order valence-electron chi connectivity index (χ2n) is 6.48. The third-order valence-corrected chi connectivity index (χ3v) is 4.82. The number of nitrogens with one attached hydrogen (secondary N) is 1. The molecule has 2 aliphatic rings. The van der Waals surface area contributed by atoms with Gasteiger partial charge in [-0.05, 0) is 45.0 Å². The van der Waals surface area contributed by atoms with Crippen molar-refractivity contribution in [1.29, 1.82) is 0 Å². The topological polar surface area (TPSA) is 31.7 Å². The van der Waals surface area contributed by atoms with Crippen LogP contribution in [0.1, 0.15) is 43.9 Å². The van der Waals surface area contributed by atoms with E-state index in [1.54, 1.807) is 0 Å². The average molecular weight is 291 g/mol. The predicted octanol–water partition coefficient (Wildman–Crippen LogP) is 2.45. The molecule has 4 nitrogen and oxygen atoms in total. The van der Waals surface area contributed by atoms with Crippen LogP contribution in [-0.4, -0.2) is 48.6 Å². The van der Waals surface area contributed by atoms with E-state index in [0.29, 0.717) is 0 Å². The van der Waals surface area contributed by atoms with Crippen molar-refractivity contribution in [2.75, 3.05) is 32.7 Å². The zero-order valence-corrected chi connectivity index (χ0v) is 13.3. The van der Waals surface area contributed by atoms with Crippen molar-refractivity contribution in [3.8, 4) is 0 Å². The van der Waals surface area contributed by atoms with Crippen molar-refractivity contribution in [2.45, 2.75) is 51.7 Å². The zero-order valence-electron chi connectivity index (χ0n) is 13.3. The van der Waals surface area contributed by atoms with E-state index in [9.17, 15) is 0 Å². The van der Waals surface area contributed by atoms with Crippen molar-refractivity contribution in [3.05, 3.63) is 23.7 Å². The van der Waals surface area contributed by atoms with Crippen LogP contribution in [0.3, 0.4) is 0 Å². The van der Waals surface area contributed by atoms with E-state index in [1.807, 2.05) is 6.26 Å². The lowest BCUT2D eigenvalue weighted by Gasteiger charge is -2.32. The summed E-state index contributed by atoms with van der Waals surface area (Å²) < 4.78 is 5.71. The minimum Gasteiger partial charge on any atom is -0.468 e. The second kappa shape index (κ2) is 7.43. The highest BCUT2D eigenvalue weighted by atomic mass is 16.3. The van der Waals surface area contributed by atoms with Crippen LogP contribution in [0.2, 0.25) is 0 Å². The highest BCUT2D eigenvalue weighted by Gasteiger charge is 2.28. The number of nitrogens with zero attached hydrogens (tertiary/aromatic N) is 2. The highest BCUT2D eigenvalue weighted by molar-refractivity contribution is 5.12. The average Bonchev–Trinajstić information content (AvgIpc) is 3.16. The molecule has 118 valence electrons. The van der Waals surface area contributed by atoms with Gasteiger partial charge < -0.3 is 9.73 Å². The van der Waals surface area contributed by atoms with Gasteiger partial charge in [0.1, 0.15) is 5.76 Å². The van der Waals surface area contributed by atoms with E-state index < -0.39 is 0 Å². The molecule has 0 aromatic carbocycles. The quantitative estimate of drug-likeness (QED) is 0.872. The van der Waals surface area contributed by atoms with Gasteiger partial charge in [0, 0.05) is 31.2 Å². The lowest BCUT2D eigenvalue weighted by molar-refractivity contribution is 0.159. The Morgan fingerprint density at radius 1 is 1.24 bits per heavy atom. The van der Waals surface area contributed by atoms with Crippen molar-refractivity contribution in [2.24, 2.45) is 0 Å². The van der Waals surface area contributed by atoms with E-state index in [4.69, 9.17) is 4.42 Å². The molecule has 1 N–H and O–H groups in total. The first-order valence-corrected chi connectivity index (χ1v) is 8.58. The van der Waals surface area contributed by atoms with E-state index >= 15 is 0 Å². The van der Waals surface area contributed by atoms with Gasteiger partial charge in [0.2, 0.25) is 0 Å². The SMILES string of the molecule is CCNCc1coc(CN2CCC(N3CCCCC3)C2)c1. The van der Waals surface area contributed by atoms with E-state index in [0.717, 1.165) is 31.4 Å². The molecule has 0 bridgehead atoms. The summed E-state index contributed by atoms with van der Waals surface area (Å²) in [5.41, 5.74) is 1.26. The van der Waals surface area contributed by atoms with Crippen molar-refractivity contribution in [3.63, 3.8) is 0 Å². The van der Waals surface area contributed by atoms with E-state index in [2.05, 4.69) is 28.1 Å². The lowest BCUT2D eigenvalue weighted by Crippen LogP contribution is -2.40. The first-order chi connectivity index (χ1) is 10.3. The molecule has 0 spiro atoms. The van der Waals surface area contributed by atoms with Crippen LogP contribution in [0, 0.1) is 0 Å². The normalized spacial score (nSPS) is 24.7. The van der Waals surface area contributed by atoms with Crippen LogP contribution in [0.5, 0.6) is 0 Å². The van der Waals surface area contributed by atoms with Crippen LogP contribution in [-0.2, 0) is 13.1 Å². The molecule has 2 fully saturated rings. The first kappa shape index (κ1) is 15.1. The summed E-state index contributed by atoms with van der Waals surface area (Å²) in [6, 6.07) is 2.98. The van der Waals surface area contributed by atoms with Gasteiger partial charge in [0.25, 0.3) is 0 Å². The van der Waals surface area contributed by atoms with Gasteiger partial charge >= 0.3 is 0 Å². The fourth-order valence-corrected chi connectivity index (χ4v) is 3.63. The summed E-state index contributed by atoms with van der Waals surface area (Å²) in [4.78, 5) is 5.26. The van der Waals surface area contributed by atoms with E-state index in [1.165, 1.54) is 57.4 Å². The summed E-state index contributed by atoms with van der Waals surface area (Å²) >= 11 is 0. The minimum absolute atomic E-state index is 0.779. The number of rotatable bonds is 6. The predicted molar refractivity (Wildman–Crippen MR) is 85.2 cm³/mol. The van der Waals surface area contributed by atoms with Gasteiger partial charge in [0.15, 0.2) is 0 Å². The summed E-state index contributed by atoms with van der Waals surface area (Å²) in [6.07, 6.45) is 7.43. The standard InChI is InChI=1S/C17H29N3O/c1-2-18-11-15-10-17(21-14-15)13-19-9-6-16(12-19)20-7-4-3-5-8-20/h10,14,16,18H,2-9,11-13H2,1H3. The Balaban J connectivity index is 1.46. The lowest BCUT2D eigenvalue weighted by atomic mass is 10.1. The molecule has 3 heterocycles. The van der Waals surface area contributed by atoms with Crippen LogP contribution >= 0.6 is 0 Å². The maximum atomic E-state index is 5.71. The fraction of sp³-hybridized carbons (Fsp3) is 0.765. The number of hydrogen-bond donors (Lipinski definition) is 1. The van der Waals surface area contributed by atoms with Gasteiger partial charge in [-0.2, -0.15) is 0 Å². The Kier molecular flexibility index (Phi) is 5.33. The number of furan rings is 1. The third kappa shape index (κ3) is 4.09. The first-order valence-electron chi connectivity index (χ1n) is 8.58. The molecular weight excluding hydrogens is 262 g/mol. The van der Waals surface area contributed by atoms with Gasteiger partial charge in [-0.1, -0.05) is 13.3 Å². The Morgan fingerprint density at radius 2 is 2.10 bits per heavy atom. The molecule has 0 amide bonds. The maximum absolute atomic E-state index is 5.71. The zero-order chi connectivity index (χ0) is 14.5. The number of hydrogen-bond acceptors (Lipinski definition) is 4. The van der Waals surface area contributed by atoms with E-state index in [-0.39, 0.29) is 0 Å². The molecule has 0 saturated carbocycles. The molecule has 0 aliphatic carbocycles. The molecule has 0 radical (unpaired) electrons. The van der Waals surface area contributed by atoms with Gasteiger partial charge in [-0.3, -0.25) is 9.80 Å². The molecule has 1 atom stereocenters. The Bertz CT molecular complexity index is 425. The number of likely N-dealkylation sites (tertiary alicyclic amines) is 2. The van der Waals surface area contributed by atoms with Gasteiger partial charge in [-0.15, -0.1) is 0 Å². The Hall–Kier alpha value is -0.840. The molecular formula is C17H29N3O. The monoisotopic (exact) mass is 291 g/mol. The smallest absolute Gasteiger partial charge is 0.118 e. The fourth-order valence-electron chi connectivity index (χ4n) is 3.63. The van der Waals surface area contributed by atoms with Crippen LogP contribution in [0.15, 0.2) is 16.7 Å². The maximum Gasteiger partial charge on any atom is 0.118 e. The van der Waals surface area contributed by atoms with Crippen LogP contribution < -0.4 is 5.32 Å². The van der Waals surface area contributed by atoms with Crippen molar-refractivity contribution in [1.82, 2.24) is 15.1 Å². The second-order valence-corrected chi connectivity index (χ2v) is 6.48. The largest absolute Gasteiger partial charge is 0.468 e. The third-order valence-electron chi connectivity index (χ3n) is 4.82. The Labute approximate surface area is 128 Å². The Morgan fingerprint density at radius 3 is 2.90 bits per heavy atom. The molecule has 2 aliphatic heterocycles. The van der Waals surface area contributed by atoms with Crippen molar-refractivity contribution < 1.29 is 4.42 Å². The molecule has 1 unspecified atom stereocenters. The summed E-state index contributed by atoms with van der Waals surface area (Å²) in [5.74, 6) is 1.11. The van der Waals surface area contributed by atoms with Gasteiger partial charge in [0.05, 0.1) is 12.8 Å². The molecule has 1 aromatic rings. The van der Waals surface area contributed by atoms with Gasteiger partial charge in [-0.25, -0.2) is 0 Å². The summed E-state index contributed by atoms with van der Waals surface area (Å²) in [6.45, 7) is 10.1. The molecule has 2 saturated heterocycles. The molecule has 21 heavy (non-hydrogen) atoms. The molecule has 1 aromatic heterocycles. The highest BCUT2D eigenvalue weighted by Crippen LogP contribution is 2.22. The molecule has 3 rings (SSSR count). The summed E-state index contributed by atoms with van der Waals surface area (Å²) in [5, 5.41) is 3.34. The summed E-state index contributed by atoms with van der Waals surface area (Å²) in [7, 11) is 0. The molecule has 4 heteroatoms. The van der Waals surface area contributed by atoms with Crippen LogP contribution in [0.4, 0.5) is 0 Å². The number of piperidine rings is 1. The minimum atomic E-state index is 0.779. The van der Waals surface area contributed by atoms with Crippen molar-refractivity contribution >= 4 is 0 Å². The van der Waals surface area contributed by atoms with Crippen LogP contribution in [0.25, 0.3) is 0 Å².